The van der Waals surface area contributed by atoms with Gasteiger partial charge in [0.25, 0.3) is 0 Å². The lowest BCUT2D eigenvalue weighted by Gasteiger charge is -2.13. The van der Waals surface area contributed by atoms with Crippen molar-refractivity contribution in [2.75, 3.05) is 18.0 Å². The molecule has 5 heteroatoms. The van der Waals surface area contributed by atoms with Gasteiger partial charge in [-0.05, 0) is 12.8 Å². The van der Waals surface area contributed by atoms with Gasteiger partial charge in [-0.2, -0.15) is 0 Å². The summed E-state index contributed by atoms with van der Waals surface area (Å²) in [5, 5.41) is 11.9. The lowest BCUT2D eigenvalue weighted by Crippen LogP contribution is -2.22. The van der Waals surface area contributed by atoms with Crippen molar-refractivity contribution in [3.63, 3.8) is 0 Å². The van der Waals surface area contributed by atoms with Crippen LogP contribution in [0, 0.1) is 5.92 Å². The summed E-state index contributed by atoms with van der Waals surface area (Å²) in [5.41, 5.74) is 1.09. The van der Waals surface area contributed by atoms with E-state index in [-0.39, 0.29) is 5.92 Å². The molecule has 82 valence electrons. The molecule has 1 aromatic heterocycles. The molecular weight excluding hydrogens is 212 g/mol. The maximum absolute atomic E-state index is 10.8. The van der Waals surface area contributed by atoms with E-state index in [1.807, 2.05) is 5.38 Å². The molecule has 1 saturated heterocycles. The average molecular weight is 226 g/mol. The number of aromatic nitrogens is 1. The normalized spacial score (nSPS) is 20.9. The number of aryl methyl sites for hydroxylation is 1. The molecule has 1 fully saturated rings. The van der Waals surface area contributed by atoms with Gasteiger partial charge in [-0.15, -0.1) is 11.3 Å². The summed E-state index contributed by atoms with van der Waals surface area (Å²) < 4.78 is 0. The molecule has 1 N–H and O–H groups in total. The van der Waals surface area contributed by atoms with Crippen LogP contribution in [0.5, 0.6) is 0 Å². The first-order chi connectivity index (χ1) is 7.20. The van der Waals surface area contributed by atoms with Crippen molar-refractivity contribution in [2.24, 2.45) is 5.92 Å². The molecule has 0 radical (unpaired) electrons. The molecule has 2 rings (SSSR count). The smallest absolute Gasteiger partial charge is 0.308 e. The van der Waals surface area contributed by atoms with Crippen LogP contribution >= 0.6 is 11.3 Å². The highest BCUT2D eigenvalue weighted by Crippen LogP contribution is 2.27. The minimum atomic E-state index is -0.690. The van der Waals surface area contributed by atoms with Gasteiger partial charge >= 0.3 is 5.97 Å². The molecule has 1 aliphatic rings. The van der Waals surface area contributed by atoms with Crippen LogP contribution in [0.1, 0.15) is 19.0 Å². The third-order valence-corrected chi connectivity index (χ3v) is 3.66. The van der Waals surface area contributed by atoms with Crippen LogP contribution in [0.3, 0.4) is 0 Å². The number of thiazole rings is 1. The third-order valence-electron chi connectivity index (χ3n) is 2.71. The van der Waals surface area contributed by atoms with Crippen LogP contribution in [-0.4, -0.2) is 29.1 Å². The minimum absolute atomic E-state index is 0.223. The van der Waals surface area contributed by atoms with Gasteiger partial charge in [0.15, 0.2) is 5.13 Å². The minimum Gasteiger partial charge on any atom is -0.481 e. The molecule has 4 nitrogen and oxygen atoms in total. The SMILES string of the molecule is CCc1csc(N2CCC(C(=O)O)C2)n1. The maximum Gasteiger partial charge on any atom is 0.308 e. The van der Waals surface area contributed by atoms with Crippen molar-refractivity contribution in [3.8, 4) is 0 Å². The fraction of sp³-hybridized carbons (Fsp3) is 0.600. The molecule has 0 spiro atoms. The predicted molar refractivity (Wildman–Crippen MR) is 59.4 cm³/mol. The Hall–Kier alpha value is -1.10. The van der Waals surface area contributed by atoms with E-state index < -0.39 is 5.97 Å². The number of anilines is 1. The summed E-state index contributed by atoms with van der Waals surface area (Å²) in [6.07, 6.45) is 1.67. The van der Waals surface area contributed by atoms with E-state index >= 15 is 0 Å². The molecular formula is C10H14N2O2S. The number of carboxylic acid groups (broad SMARTS) is 1. The molecule has 1 unspecified atom stereocenters. The van der Waals surface area contributed by atoms with Crippen molar-refractivity contribution in [1.29, 1.82) is 0 Å². The Morgan fingerprint density at radius 3 is 3.13 bits per heavy atom. The molecule has 0 aliphatic carbocycles. The Kier molecular flexibility index (Phi) is 2.90. The summed E-state index contributed by atoms with van der Waals surface area (Å²) in [7, 11) is 0. The molecule has 1 atom stereocenters. The second-order valence-electron chi connectivity index (χ2n) is 3.74. The number of rotatable bonds is 3. The standard InChI is InChI=1S/C10H14N2O2S/c1-2-8-6-15-10(11-8)12-4-3-7(5-12)9(13)14/h6-7H,2-5H2,1H3,(H,13,14). The number of carboxylic acids is 1. The Morgan fingerprint density at radius 1 is 1.80 bits per heavy atom. The summed E-state index contributed by atoms with van der Waals surface area (Å²) in [6, 6.07) is 0. The van der Waals surface area contributed by atoms with Crippen LogP contribution in [-0.2, 0) is 11.2 Å². The highest BCUT2D eigenvalue weighted by atomic mass is 32.1. The fourth-order valence-electron chi connectivity index (χ4n) is 1.74. The Balaban J connectivity index is 2.04. The van der Waals surface area contributed by atoms with Gasteiger partial charge in [-0.25, -0.2) is 4.98 Å². The van der Waals surface area contributed by atoms with Gasteiger partial charge in [-0.3, -0.25) is 4.79 Å². The van der Waals surface area contributed by atoms with E-state index in [0.717, 1.165) is 30.2 Å². The highest BCUT2D eigenvalue weighted by molar-refractivity contribution is 7.13. The number of nitrogens with zero attached hydrogens (tertiary/aromatic N) is 2. The average Bonchev–Trinajstić information content (AvgIpc) is 2.86. The van der Waals surface area contributed by atoms with Crippen LogP contribution in [0.15, 0.2) is 5.38 Å². The van der Waals surface area contributed by atoms with Gasteiger partial charge in [0, 0.05) is 18.5 Å². The topological polar surface area (TPSA) is 53.4 Å². The summed E-state index contributed by atoms with van der Waals surface area (Å²) >= 11 is 1.61. The van der Waals surface area contributed by atoms with Crippen molar-refractivity contribution < 1.29 is 9.90 Å². The van der Waals surface area contributed by atoms with Crippen molar-refractivity contribution in [1.82, 2.24) is 4.98 Å². The quantitative estimate of drug-likeness (QED) is 0.851. The van der Waals surface area contributed by atoms with Crippen molar-refractivity contribution in [2.45, 2.75) is 19.8 Å². The van der Waals surface area contributed by atoms with E-state index in [1.165, 1.54) is 0 Å². The number of hydrogen-bond donors (Lipinski definition) is 1. The van der Waals surface area contributed by atoms with Crippen molar-refractivity contribution in [3.05, 3.63) is 11.1 Å². The summed E-state index contributed by atoms with van der Waals surface area (Å²) in [5.74, 6) is -0.913. The second kappa shape index (κ2) is 4.18. The van der Waals surface area contributed by atoms with E-state index in [4.69, 9.17) is 5.11 Å². The first-order valence-electron chi connectivity index (χ1n) is 5.13. The van der Waals surface area contributed by atoms with Crippen LogP contribution < -0.4 is 4.90 Å². The van der Waals surface area contributed by atoms with Crippen molar-refractivity contribution >= 4 is 22.4 Å². The molecule has 2 heterocycles. The number of carbonyl (C=O) groups is 1. The molecule has 0 aromatic carbocycles. The number of hydrogen-bond acceptors (Lipinski definition) is 4. The zero-order valence-corrected chi connectivity index (χ0v) is 9.46. The van der Waals surface area contributed by atoms with E-state index in [9.17, 15) is 4.79 Å². The van der Waals surface area contributed by atoms with Gasteiger partial charge in [0.2, 0.25) is 0 Å². The van der Waals surface area contributed by atoms with Gasteiger partial charge in [0.05, 0.1) is 11.6 Å². The second-order valence-corrected chi connectivity index (χ2v) is 4.58. The Bertz CT molecular complexity index is 364. The first kappa shape index (κ1) is 10.4. The molecule has 15 heavy (non-hydrogen) atoms. The fourth-order valence-corrected chi connectivity index (χ4v) is 2.69. The number of aliphatic carboxylic acids is 1. The lowest BCUT2D eigenvalue weighted by atomic mass is 10.1. The van der Waals surface area contributed by atoms with E-state index in [0.29, 0.717) is 6.54 Å². The third kappa shape index (κ3) is 2.12. The Labute approximate surface area is 92.6 Å². The first-order valence-corrected chi connectivity index (χ1v) is 6.00. The van der Waals surface area contributed by atoms with E-state index in [2.05, 4.69) is 16.8 Å². The van der Waals surface area contributed by atoms with E-state index in [1.54, 1.807) is 11.3 Å². The molecule has 0 bridgehead atoms. The van der Waals surface area contributed by atoms with Crippen LogP contribution in [0.4, 0.5) is 5.13 Å². The molecule has 1 aromatic rings. The molecule has 0 amide bonds. The van der Waals surface area contributed by atoms with Gasteiger partial charge in [-0.1, -0.05) is 6.92 Å². The zero-order chi connectivity index (χ0) is 10.8. The predicted octanol–water partition coefficient (Wildman–Crippen LogP) is 1.62. The Morgan fingerprint density at radius 2 is 2.60 bits per heavy atom. The highest BCUT2D eigenvalue weighted by Gasteiger charge is 2.29. The van der Waals surface area contributed by atoms with Crippen LogP contribution in [0.25, 0.3) is 0 Å². The zero-order valence-electron chi connectivity index (χ0n) is 8.64. The molecule has 0 saturated carbocycles. The van der Waals surface area contributed by atoms with Gasteiger partial charge < -0.3 is 10.0 Å². The van der Waals surface area contributed by atoms with Gasteiger partial charge in [0.1, 0.15) is 0 Å². The molecule has 1 aliphatic heterocycles. The maximum atomic E-state index is 10.8. The van der Waals surface area contributed by atoms with Crippen LogP contribution in [0.2, 0.25) is 0 Å². The summed E-state index contributed by atoms with van der Waals surface area (Å²) in [6.45, 7) is 3.49. The monoisotopic (exact) mass is 226 g/mol. The summed E-state index contributed by atoms with van der Waals surface area (Å²) in [4.78, 5) is 17.3. The largest absolute Gasteiger partial charge is 0.481 e. The lowest BCUT2D eigenvalue weighted by molar-refractivity contribution is -0.140.